The van der Waals surface area contributed by atoms with Gasteiger partial charge in [-0.1, -0.05) is 12.1 Å². The van der Waals surface area contributed by atoms with Gasteiger partial charge >= 0.3 is 11.9 Å². The molecule has 0 aliphatic heterocycles. The SMILES string of the molecule is CC(C)(Oc1ccc(OCc2ccc(C(=O)O)cc2)cc1C=O)C(C)(C)C(=O)O. The Kier molecular flexibility index (Phi) is 6.31. The number of hydrogen-bond acceptors (Lipinski definition) is 5. The third-order valence-electron chi connectivity index (χ3n) is 5.12. The summed E-state index contributed by atoms with van der Waals surface area (Å²) in [7, 11) is 0. The molecule has 2 rings (SSSR count). The lowest BCUT2D eigenvalue weighted by Gasteiger charge is -2.38. The highest BCUT2D eigenvalue weighted by molar-refractivity contribution is 5.87. The molecule has 0 heterocycles. The van der Waals surface area contributed by atoms with Gasteiger partial charge in [0.1, 0.15) is 29.1 Å². The quantitative estimate of drug-likeness (QED) is 0.611. The summed E-state index contributed by atoms with van der Waals surface area (Å²) in [5, 5.41) is 18.4. The van der Waals surface area contributed by atoms with Crippen molar-refractivity contribution in [2.45, 2.75) is 39.9 Å². The van der Waals surface area contributed by atoms with Crippen LogP contribution in [0.25, 0.3) is 0 Å². The summed E-state index contributed by atoms with van der Waals surface area (Å²) < 4.78 is 11.5. The monoisotopic (exact) mass is 400 g/mol. The molecule has 0 aliphatic carbocycles. The molecule has 0 saturated heterocycles. The maximum absolute atomic E-state index is 11.5. The molecule has 7 nitrogen and oxygen atoms in total. The fraction of sp³-hybridized carbons (Fsp3) is 0.318. The molecular weight excluding hydrogens is 376 g/mol. The summed E-state index contributed by atoms with van der Waals surface area (Å²) in [6.07, 6.45) is 0.619. The van der Waals surface area contributed by atoms with Crippen LogP contribution < -0.4 is 9.47 Å². The molecular formula is C22H24O7. The summed E-state index contributed by atoms with van der Waals surface area (Å²) in [6.45, 7) is 6.61. The van der Waals surface area contributed by atoms with Crippen LogP contribution in [0.5, 0.6) is 11.5 Å². The minimum Gasteiger partial charge on any atom is -0.489 e. The Morgan fingerprint density at radius 3 is 2.14 bits per heavy atom. The van der Waals surface area contributed by atoms with Gasteiger partial charge < -0.3 is 19.7 Å². The summed E-state index contributed by atoms with van der Waals surface area (Å²) in [6, 6.07) is 11.0. The minimum atomic E-state index is -1.19. The van der Waals surface area contributed by atoms with Crippen LogP contribution in [-0.2, 0) is 11.4 Å². The molecule has 7 heteroatoms. The van der Waals surface area contributed by atoms with Crippen LogP contribution >= 0.6 is 0 Å². The molecule has 0 aliphatic rings. The molecule has 0 bridgehead atoms. The molecule has 0 saturated carbocycles. The molecule has 0 fully saturated rings. The van der Waals surface area contributed by atoms with E-state index in [9.17, 15) is 19.5 Å². The third-order valence-corrected chi connectivity index (χ3v) is 5.12. The lowest BCUT2D eigenvalue weighted by atomic mass is 9.77. The van der Waals surface area contributed by atoms with E-state index in [1.807, 2.05) is 0 Å². The molecule has 154 valence electrons. The summed E-state index contributed by atoms with van der Waals surface area (Å²) >= 11 is 0. The third kappa shape index (κ3) is 4.93. The zero-order chi connectivity index (χ0) is 21.8. The Hall–Kier alpha value is -3.35. The molecule has 2 aromatic rings. The lowest BCUT2D eigenvalue weighted by molar-refractivity contribution is -0.158. The minimum absolute atomic E-state index is 0.186. The number of ether oxygens (including phenoxy) is 2. The Morgan fingerprint density at radius 1 is 1.00 bits per heavy atom. The van der Waals surface area contributed by atoms with Gasteiger partial charge in [-0.15, -0.1) is 0 Å². The van der Waals surface area contributed by atoms with E-state index in [0.717, 1.165) is 5.56 Å². The second-order valence-corrected chi connectivity index (χ2v) is 7.65. The van der Waals surface area contributed by atoms with Gasteiger partial charge in [-0.25, -0.2) is 4.79 Å². The van der Waals surface area contributed by atoms with Gasteiger partial charge in [0.05, 0.1) is 11.1 Å². The van der Waals surface area contributed by atoms with Crippen LogP contribution in [0.3, 0.4) is 0 Å². The number of aromatic carboxylic acids is 1. The van der Waals surface area contributed by atoms with E-state index in [1.54, 1.807) is 52.0 Å². The average Bonchev–Trinajstić information content (AvgIpc) is 2.66. The topological polar surface area (TPSA) is 110 Å². The fourth-order valence-corrected chi connectivity index (χ4v) is 2.37. The molecule has 0 amide bonds. The van der Waals surface area contributed by atoms with E-state index in [4.69, 9.17) is 14.6 Å². The number of carbonyl (C=O) groups is 3. The number of hydrogen-bond donors (Lipinski definition) is 2. The lowest BCUT2D eigenvalue weighted by Crippen LogP contribution is -2.49. The van der Waals surface area contributed by atoms with Gasteiger partial charge in [-0.05, 0) is 63.6 Å². The van der Waals surface area contributed by atoms with Crippen LogP contribution in [0, 0.1) is 5.41 Å². The zero-order valence-electron chi connectivity index (χ0n) is 16.8. The Labute approximate surface area is 168 Å². The fourth-order valence-electron chi connectivity index (χ4n) is 2.37. The highest BCUT2D eigenvalue weighted by Gasteiger charge is 2.45. The Balaban J connectivity index is 2.15. The molecule has 0 unspecified atom stereocenters. The number of carboxylic acids is 2. The van der Waals surface area contributed by atoms with Crippen molar-refractivity contribution in [3.63, 3.8) is 0 Å². The van der Waals surface area contributed by atoms with Gasteiger partial charge in [-0.2, -0.15) is 0 Å². The van der Waals surface area contributed by atoms with E-state index >= 15 is 0 Å². The first kappa shape index (κ1) is 21.9. The maximum atomic E-state index is 11.5. The zero-order valence-corrected chi connectivity index (χ0v) is 16.8. The first-order valence-electron chi connectivity index (χ1n) is 8.94. The van der Waals surface area contributed by atoms with Crippen molar-refractivity contribution in [2.24, 2.45) is 5.41 Å². The van der Waals surface area contributed by atoms with Crippen molar-refractivity contribution < 1.29 is 34.1 Å². The van der Waals surface area contributed by atoms with Crippen molar-refractivity contribution in [1.82, 2.24) is 0 Å². The van der Waals surface area contributed by atoms with Gasteiger partial charge in [0.25, 0.3) is 0 Å². The molecule has 0 atom stereocenters. The predicted molar refractivity (Wildman–Crippen MR) is 106 cm³/mol. The van der Waals surface area contributed by atoms with Crippen molar-refractivity contribution in [2.75, 3.05) is 0 Å². The van der Waals surface area contributed by atoms with Crippen molar-refractivity contribution in [1.29, 1.82) is 0 Å². The van der Waals surface area contributed by atoms with Gasteiger partial charge in [0.2, 0.25) is 0 Å². The predicted octanol–water partition coefficient (Wildman–Crippen LogP) is 4.04. The Bertz CT molecular complexity index is 911. The molecule has 2 aromatic carbocycles. The second kappa shape index (κ2) is 8.34. The summed E-state index contributed by atoms with van der Waals surface area (Å²) in [5.41, 5.74) is -1.08. The standard InChI is InChI=1S/C22H24O7/c1-21(2,20(26)27)22(3,4)29-18-10-9-17(11-16(18)12-23)28-13-14-5-7-15(8-6-14)19(24)25/h5-12H,13H2,1-4H3,(H,24,25)(H,26,27). The Morgan fingerprint density at radius 2 is 1.62 bits per heavy atom. The average molecular weight is 400 g/mol. The van der Waals surface area contributed by atoms with Crippen LogP contribution in [0.4, 0.5) is 0 Å². The number of aldehydes is 1. The summed E-state index contributed by atoms with van der Waals surface area (Å²) in [4.78, 5) is 33.9. The first-order valence-corrected chi connectivity index (χ1v) is 8.94. The molecule has 0 radical (unpaired) electrons. The smallest absolute Gasteiger partial charge is 0.335 e. The normalized spacial score (nSPS) is 11.6. The van der Waals surface area contributed by atoms with Crippen LogP contribution in [-0.4, -0.2) is 34.0 Å². The van der Waals surface area contributed by atoms with E-state index in [1.165, 1.54) is 18.2 Å². The van der Waals surface area contributed by atoms with Crippen molar-refractivity contribution in [3.05, 3.63) is 59.2 Å². The number of rotatable bonds is 9. The first-order chi connectivity index (χ1) is 13.5. The maximum Gasteiger partial charge on any atom is 0.335 e. The second-order valence-electron chi connectivity index (χ2n) is 7.65. The molecule has 0 aromatic heterocycles. The number of benzene rings is 2. The van der Waals surface area contributed by atoms with Gasteiger partial charge in [0.15, 0.2) is 6.29 Å². The largest absolute Gasteiger partial charge is 0.489 e. The molecule has 29 heavy (non-hydrogen) atoms. The number of aliphatic carboxylic acids is 1. The number of carboxylic acid groups (broad SMARTS) is 2. The van der Waals surface area contributed by atoms with E-state index in [0.29, 0.717) is 12.0 Å². The molecule has 0 spiro atoms. The van der Waals surface area contributed by atoms with E-state index in [-0.39, 0.29) is 23.5 Å². The van der Waals surface area contributed by atoms with E-state index in [2.05, 4.69) is 0 Å². The van der Waals surface area contributed by atoms with Crippen molar-refractivity contribution in [3.8, 4) is 11.5 Å². The molecule has 2 N–H and O–H groups in total. The van der Waals surface area contributed by atoms with Gasteiger partial charge in [-0.3, -0.25) is 9.59 Å². The number of carbonyl (C=O) groups excluding carboxylic acids is 1. The van der Waals surface area contributed by atoms with Crippen molar-refractivity contribution >= 4 is 18.2 Å². The highest BCUT2D eigenvalue weighted by atomic mass is 16.5. The van der Waals surface area contributed by atoms with Crippen LogP contribution in [0.1, 0.15) is 54.0 Å². The van der Waals surface area contributed by atoms with Crippen LogP contribution in [0.2, 0.25) is 0 Å². The van der Waals surface area contributed by atoms with E-state index < -0.39 is 23.0 Å². The highest BCUT2D eigenvalue weighted by Crippen LogP contribution is 2.37. The van der Waals surface area contributed by atoms with Gasteiger partial charge in [0, 0.05) is 0 Å². The summed E-state index contributed by atoms with van der Waals surface area (Å²) in [5.74, 6) is -1.32. The van der Waals surface area contributed by atoms with Crippen LogP contribution in [0.15, 0.2) is 42.5 Å².